The van der Waals surface area contributed by atoms with Crippen LogP contribution >= 0.6 is 0 Å². The smallest absolute Gasteiger partial charge is 0.102 e. The van der Waals surface area contributed by atoms with E-state index in [1.54, 1.807) is 0 Å². The fourth-order valence-corrected chi connectivity index (χ4v) is 1.59. The van der Waals surface area contributed by atoms with Crippen LogP contribution < -0.4 is 0 Å². The summed E-state index contributed by atoms with van der Waals surface area (Å²) in [4.78, 5) is 0. The van der Waals surface area contributed by atoms with E-state index < -0.39 is 0 Å². The fourth-order valence-electron chi connectivity index (χ4n) is 1.59. The summed E-state index contributed by atoms with van der Waals surface area (Å²) in [7, 11) is 0. The first-order valence-electron chi connectivity index (χ1n) is 5.81. The quantitative estimate of drug-likeness (QED) is 0.369. The van der Waals surface area contributed by atoms with Gasteiger partial charge in [-0.2, -0.15) is 0 Å². The van der Waals surface area contributed by atoms with Crippen LogP contribution in [0.4, 0.5) is 0 Å². The lowest BCUT2D eigenvalue weighted by atomic mass is 10.1. The first-order chi connectivity index (χ1) is 6.88. The van der Waals surface area contributed by atoms with Crippen molar-refractivity contribution in [2.24, 2.45) is 0 Å². The van der Waals surface area contributed by atoms with Crippen molar-refractivity contribution >= 4 is 0 Å². The summed E-state index contributed by atoms with van der Waals surface area (Å²) in [6, 6.07) is 0. The van der Waals surface area contributed by atoms with Crippen LogP contribution in [0.1, 0.15) is 45.4 Å². The molecule has 2 nitrogen and oxygen atoms in total. The normalized spacial score (nSPS) is 25.9. The van der Waals surface area contributed by atoms with Crippen molar-refractivity contribution in [2.45, 2.75) is 57.7 Å². The number of aliphatic hydroxyl groups is 1. The second-order valence-corrected chi connectivity index (χ2v) is 3.93. The van der Waals surface area contributed by atoms with E-state index in [1.165, 1.54) is 25.7 Å². The molecule has 14 heavy (non-hydrogen) atoms. The van der Waals surface area contributed by atoms with E-state index in [2.05, 4.69) is 19.1 Å². The van der Waals surface area contributed by atoms with Gasteiger partial charge < -0.3 is 9.84 Å². The van der Waals surface area contributed by atoms with Gasteiger partial charge in [-0.15, -0.1) is 0 Å². The van der Waals surface area contributed by atoms with Crippen molar-refractivity contribution in [1.82, 2.24) is 0 Å². The molecule has 1 fully saturated rings. The SMILES string of the molecule is CCCCC/C=C/[C@H]1O[C@H]1CCCO. The third-order valence-corrected chi connectivity index (χ3v) is 2.57. The molecule has 0 aromatic carbocycles. The molecule has 2 heteroatoms. The summed E-state index contributed by atoms with van der Waals surface area (Å²) in [5.74, 6) is 0. The number of rotatable bonds is 8. The molecule has 0 amide bonds. The molecular formula is C12H22O2. The minimum absolute atomic E-state index is 0.285. The highest BCUT2D eigenvalue weighted by atomic mass is 16.6. The lowest BCUT2D eigenvalue weighted by Gasteiger charge is -1.91. The maximum atomic E-state index is 8.63. The molecular weight excluding hydrogens is 176 g/mol. The monoisotopic (exact) mass is 198 g/mol. The molecule has 0 spiro atoms. The van der Waals surface area contributed by atoms with Crippen LogP contribution in [0.2, 0.25) is 0 Å². The third kappa shape index (κ3) is 4.77. The van der Waals surface area contributed by atoms with Crippen LogP contribution in [0.3, 0.4) is 0 Å². The topological polar surface area (TPSA) is 32.8 Å². The number of unbranched alkanes of at least 4 members (excludes halogenated alkanes) is 3. The Labute approximate surface area is 87.0 Å². The second kappa shape index (κ2) is 7.02. The number of allylic oxidation sites excluding steroid dienone is 1. The van der Waals surface area contributed by atoms with Crippen molar-refractivity contribution < 1.29 is 9.84 Å². The Bertz CT molecular complexity index is 166. The van der Waals surface area contributed by atoms with E-state index in [9.17, 15) is 0 Å². The van der Waals surface area contributed by atoms with Gasteiger partial charge in [-0.25, -0.2) is 0 Å². The zero-order valence-corrected chi connectivity index (χ0v) is 9.11. The van der Waals surface area contributed by atoms with Gasteiger partial charge in [0.15, 0.2) is 0 Å². The number of hydrogen-bond donors (Lipinski definition) is 1. The third-order valence-electron chi connectivity index (χ3n) is 2.57. The van der Waals surface area contributed by atoms with E-state index in [-0.39, 0.29) is 6.61 Å². The zero-order chi connectivity index (χ0) is 10.2. The highest BCUT2D eigenvalue weighted by Gasteiger charge is 2.35. The Balaban J connectivity index is 1.93. The number of aliphatic hydroxyl groups excluding tert-OH is 1. The number of epoxide rings is 1. The molecule has 1 N–H and O–H groups in total. The Morgan fingerprint density at radius 2 is 2.14 bits per heavy atom. The van der Waals surface area contributed by atoms with Gasteiger partial charge in [0.05, 0.1) is 6.10 Å². The Kier molecular flexibility index (Phi) is 5.88. The van der Waals surface area contributed by atoms with Crippen LogP contribution in [0.5, 0.6) is 0 Å². The van der Waals surface area contributed by atoms with Gasteiger partial charge in [0.25, 0.3) is 0 Å². The standard InChI is InChI=1S/C12H22O2/c1-2-3-4-5-6-8-11-12(14-11)9-7-10-13/h6,8,11-13H,2-5,7,9-10H2,1H3/b8-6+/t11-,12+/m1/s1. The van der Waals surface area contributed by atoms with Crippen molar-refractivity contribution in [2.75, 3.05) is 6.61 Å². The van der Waals surface area contributed by atoms with Gasteiger partial charge in [-0.1, -0.05) is 31.9 Å². The number of ether oxygens (including phenoxy) is 1. The lowest BCUT2D eigenvalue weighted by molar-refractivity contribution is 0.273. The highest BCUT2D eigenvalue weighted by molar-refractivity contribution is 5.02. The molecule has 0 bridgehead atoms. The predicted octanol–water partition coefficient (Wildman–Crippen LogP) is 2.66. The van der Waals surface area contributed by atoms with E-state index >= 15 is 0 Å². The first-order valence-corrected chi connectivity index (χ1v) is 5.81. The molecule has 1 saturated heterocycles. The molecule has 2 atom stereocenters. The fraction of sp³-hybridized carbons (Fsp3) is 0.833. The maximum absolute atomic E-state index is 8.63. The van der Waals surface area contributed by atoms with Gasteiger partial charge in [-0.3, -0.25) is 0 Å². The summed E-state index contributed by atoms with van der Waals surface area (Å²) in [6.07, 6.45) is 12.1. The second-order valence-electron chi connectivity index (χ2n) is 3.93. The molecule has 1 aliphatic rings. The molecule has 0 aromatic heterocycles. The molecule has 1 heterocycles. The van der Waals surface area contributed by atoms with Crippen LogP contribution in [0.15, 0.2) is 12.2 Å². The van der Waals surface area contributed by atoms with Gasteiger partial charge in [0.1, 0.15) is 6.10 Å². The summed E-state index contributed by atoms with van der Waals surface area (Å²) in [5, 5.41) is 8.63. The molecule has 0 saturated carbocycles. The lowest BCUT2D eigenvalue weighted by Crippen LogP contribution is -1.92. The summed E-state index contributed by atoms with van der Waals surface area (Å²) >= 11 is 0. The summed E-state index contributed by atoms with van der Waals surface area (Å²) in [5.41, 5.74) is 0. The molecule has 82 valence electrons. The molecule has 0 aromatic rings. The van der Waals surface area contributed by atoms with Crippen molar-refractivity contribution in [3.63, 3.8) is 0 Å². The van der Waals surface area contributed by atoms with Crippen molar-refractivity contribution in [3.8, 4) is 0 Å². The summed E-state index contributed by atoms with van der Waals surface area (Å²) < 4.78 is 5.43. The molecule has 0 unspecified atom stereocenters. The molecule has 0 aliphatic carbocycles. The summed E-state index contributed by atoms with van der Waals surface area (Å²) in [6.45, 7) is 2.51. The van der Waals surface area contributed by atoms with Crippen molar-refractivity contribution in [1.29, 1.82) is 0 Å². The van der Waals surface area contributed by atoms with E-state index in [0.717, 1.165) is 12.8 Å². The molecule has 1 aliphatic heterocycles. The first kappa shape index (κ1) is 11.7. The van der Waals surface area contributed by atoms with Gasteiger partial charge >= 0.3 is 0 Å². The van der Waals surface area contributed by atoms with Crippen LogP contribution in [0, 0.1) is 0 Å². The van der Waals surface area contributed by atoms with Crippen LogP contribution in [0.25, 0.3) is 0 Å². The minimum Gasteiger partial charge on any atom is -0.396 e. The van der Waals surface area contributed by atoms with Crippen LogP contribution in [-0.2, 0) is 4.74 Å². The number of hydrogen-bond acceptors (Lipinski definition) is 2. The zero-order valence-electron chi connectivity index (χ0n) is 9.11. The van der Waals surface area contributed by atoms with E-state index in [4.69, 9.17) is 9.84 Å². The average molecular weight is 198 g/mol. The highest BCUT2D eigenvalue weighted by Crippen LogP contribution is 2.27. The molecule has 1 rings (SSSR count). The van der Waals surface area contributed by atoms with Crippen LogP contribution in [-0.4, -0.2) is 23.9 Å². The Hall–Kier alpha value is -0.340. The molecule has 0 radical (unpaired) electrons. The van der Waals surface area contributed by atoms with E-state index in [1.807, 2.05) is 0 Å². The average Bonchev–Trinajstić information content (AvgIpc) is 2.93. The van der Waals surface area contributed by atoms with Crippen molar-refractivity contribution in [3.05, 3.63) is 12.2 Å². The predicted molar refractivity (Wildman–Crippen MR) is 58.3 cm³/mol. The minimum atomic E-state index is 0.285. The Morgan fingerprint density at radius 1 is 1.29 bits per heavy atom. The maximum Gasteiger partial charge on any atom is 0.102 e. The van der Waals surface area contributed by atoms with Gasteiger partial charge in [0, 0.05) is 6.61 Å². The largest absolute Gasteiger partial charge is 0.396 e. The van der Waals surface area contributed by atoms with E-state index in [0.29, 0.717) is 12.2 Å². The van der Waals surface area contributed by atoms with Gasteiger partial charge in [0.2, 0.25) is 0 Å². The van der Waals surface area contributed by atoms with Gasteiger partial charge in [-0.05, 0) is 25.7 Å². The Morgan fingerprint density at radius 3 is 2.86 bits per heavy atom.